The summed E-state index contributed by atoms with van der Waals surface area (Å²) in [6, 6.07) is 10.1. The molecule has 18 heavy (non-hydrogen) atoms. The number of hydrogen-bond donors (Lipinski definition) is 2. The van der Waals surface area contributed by atoms with Gasteiger partial charge in [0.15, 0.2) is 5.78 Å². The molecule has 0 amide bonds. The normalized spacial score (nSPS) is 10.3. The second-order valence-electron chi connectivity index (χ2n) is 4.41. The van der Waals surface area contributed by atoms with Crippen molar-refractivity contribution in [1.82, 2.24) is 0 Å². The van der Waals surface area contributed by atoms with Gasteiger partial charge in [-0.25, -0.2) is 0 Å². The predicted molar refractivity (Wildman–Crippen MR) is 71.9 cm³/mol. The highest BCUT2D eigenvalue weighted by Gasteiger charge is 2.15. The van der Waals surface area contributed by atoms with Gasteiger partial charge in [-0.05, 0) is 49.2 Å². The molecule has 0 aliphatic rings. The summed E-state index contributed by atoms with van der Waals surface area (Å²) in [5, 5.41) is 9.48. The van der Waals surface area contributed by atoms with E-state index in [2.05, 4.69) is 0 Å². The van der Waals surface area contributed by atoms with Gasteiger partial charge in [0, 0.05) is 16.8 Å². The van der Waals surface area contributed by atoms with Crippen molar-refractivity contribution in [2.45, 2.75) is 13.8 Å². The third kappa shape index (κ3) is 2.20. The second kappa shape index (κ2) is 4.53. The van der Waals surface area contributed by atoms with E-state index in [1.807, 2.05) is 13.8 Å². The number of phenols is 1. The van der Waals surface area contributed by atoms with Crippen molar-refractivity contribution in [2.24, 2.45) is 0 Å². The van der Waals surface area contributed by atoms with E-state index in [9.17, 15) is 9.90 Å². The number of hydrogen-bond acceptors (Lipinski definition) is 3. The van der Waals surface area contributed by atoms with E-state index in [0.29, 0.717) is 16.8 Å². The average Bonchev–Trinajstić information content (AvgIpc) is 2.27. The Morgan fingerprint density at radius 1 is 1.11 bits per heavy atom. The van der Waals surface area contributed by atoms with Gasteiger partial charge in [-0.2, -0.15) is 0 Å². The summed E-state index contributed by atoms with van der Waals surface area (Å²) in [6.45, 7) is 3.62. The standard InChI is InChI=1S/C15H15NO2/c1-9-6-13(17)7-10(2)14(9)15(18)11-4-3-5-12(16)8-11/h3-8,17H,16H2,1-2H3. The zero-order chi connectivity index (χ0) is 13.3. The van der Waals surface area contributed by atoms with Crippen LogP contribution >= 0.6 is 0 Å². The summed E-state index contributed by atoms with van der Waals surface area (Å²) < 4.78 is 0. The Morgan fingerprint density at radius 2 is 1.72 bits per heavy atom. The largest absolute Gasteiger partial charge is 0.508 e. The van der Waals surface area contributed by atoms with Gasteiger partial charge in [-0.1, -0.05) is 12.1 Å². The second-order valence-corrected chi connectivity index (χ2v) is 4.41. The molecule has 0 saturated heterocycles. The monoisotopic (exact) mass is 241 g/mol. The summed E-state index contributed by atoms with van der Waals surface area (Å²) >= 11 is 0. The number of phenolic OH excluding ortho intramolecular Hbond substituents is 1. The van der Waals surface area contributed by atoms with Crippen molar-refractivity contribution in [1.29, 1.82) is 0 Å². The maximum Gasteiger partial charge on any atom is 0.193 e. The first kappa shape index (κ1) is 12.2. The van der Waals surface area contributed by atoms with Crippen molar-refractivity contribution in [3.05, 3.63) is 58.7 Å². The van der Waals surface area contributed by atoms with Gasteiger partial charge in [-0.3, -0.25) is 4.79 Å². The van der Waals surface area contributed by atoms with Gasteiger partial charge < -0.3 is 10.8 Å². The molecule has 0 spiro atoms. The molecular weight excluding hydrogens is 226 g/mol. The molecule has 0 fully saturated rings. The van der Waals surface area contributed by atoms with Crippen LogP contribution in [-0.4, -0.2) is 10.9 Å². The minimum atomic E-state index is -0.0719. The number of benzene rings is 2. The van der Waals surface area contributed by atoms with E-state index < -0.39 is 0 Å². The van der Waals surface area contributed by atoms with Crippen LogP contribution in [0.4, 0.5) is 5.69 Å². The summed E-state index contributed by atoms with van der Waals surface area (Å²) in [4.78, 5) is 12.4. The molecule has 0 aliphatic carbocycles. The van der Waals surface area contributed by atoms with Crippen LogP contribution in [-0.2, 0) is 0 Å². The molecule has 0 aromatic heterocycles. The van der Waals surface area contributed by atoms with Gasteiger partial charge in [0.1, 0.15) is 5.75 Å². The van der Waals surface area contributed by atoms with Crippen LogP contribution in [0.5, 0.6) is 5.75 Å². The smallest absolute Gasteiger partial charge is 0.193 e. The topological polar surface area (TPSA) is 63.3 Å². The third-order valence-corrected chi connectivity index (χ3v) is 2.89. The lowest BCUT2D eigenvalue weighted by Gasteiger charge is -2.10. The Hall–Kier alpha value is -2.29. The number of rotatable bonds is 2. The molecule has 0 heterocycles. The molecule has 0 bridgehead atoms. The van der Waals surface area contributed by atoms with E-state index in [1.165, 1.54) is 0 Å². The van der Waals surface area contributed by atoms with Gasteiger partial charge in [-0.15, -0.1) is 0 Å². The zero-order valence-corrected chi connectivity index (χ0v) is 10.4. The van der Waals surface area contributed by atoms with Crippen LogP contribution in [0, 0.1) is 13.8 Å². The molecular formula is C15H15NO2. The zero-order valence-electron chi connectivity index (χ0n) is 10.4. The Morgan fingerprint density at radius 3 is 2.28 bits per heavy atom. The molecule has 92 valence electrons. The Kier molecular flexibility index (Phi) is 3.06. The third-order valence-electron chi connectivity index (χ3n) is 2.89. The van der Waals surface area contributed by atoms with Crippen molar-refractivity contribution >= 4 is 11.5 Å². The van der Waals surface area contributed by atoms with E-state index in [4.69, 9.17) is 5.73 Å². The fourth-order valence-corrected chi connectivity index (χ4v) is 2.12. The van der Waals surface area contributed by atoms with Crippen LogP contribution in [0.3, 0.4) is 0 Å². The van der Waals surface area contributed by atoms with E-state index in [0.717, 1.165) is 11.1 Å². The highest BCUT2D eigenvalue weighted by Crippen LogP contribution is 2.23. The Labute approximate surface area is 106 Å². The molecule has 3 nitrogen and oxygen atoms in total. The number of nitrogens with two attached hydrogens (primary N) is 1. The SMILES string of the molecule is Cc1cc(O)cc(C)c1C(=O)c1cccc(N)c1. The van der Waals surface area contributed by atoms with Crippen LogP contribution in [0.15, 0.2) is 36.4 Å². The maximum atomic E-state index is 12.4. The Balaban J connectivity index is 2.53. The first-order valence-corrected chi connectivity index (χ1v) is 5.69. The lowest BCUT2D eigenvalue weighted by atomic mass is 9.94. The molecule has 2 aromatic carbocycles. The summed E-state index contributed by atoms with van der Waals surface area (Å²) in [5.41, 5.74) is 8.96. The lowest BCUT2D eigenvalue weighted by Crippen LogP contribution is -2.06. The fraction of sp³-hybridized carbons (Fsp3) is 0.133. The molecule has 0 saturated carbocycles. The van der Waals surface area contributed by atoms with E-state index in [-0.39, 0.29) is 11.5 Å². The molecule has 3 heteroatoms. The van der Waals surface area contributed by atoms with Crippen LogP contribution in [0.25, 0.3) is 0 Å². The highest BCUT2D eigenvalue weighted by atomic mass is 16.3. The average molecular weight is 241 g/mol. The van der Waals surface area contributed by atoms with Gasteiger partial charge >= 0.3 is 0 Å². The number of nitrogen functional groups attached to an aromatic ring is 1. The molecule has 0 unspecified atom stereocenters. The van der Waals surface area contributed by atoms with Crippen LogP contribution in [0.1, 0.15) is 27.0 Å². The number of aromatic hydroxyl groups is 1. The summed E-state index contributed by atoms with van der Waals surface area (Å²) in [6.07, 6.45) is 0. The van der Waals surface area contributed by atoms with Crippen molar-refractivity contribution < 1.29 is 9.90 Å². The molecule has 0 atom stereocenters. The predicted octanol–water partition coefficient (Wildman–Crippen LogP) is 2.82. The first-order valence-electron chi connectivity index (χ1n) is 5.69. The quantitative estimate of drug-likeness (QED) is 0.627. The van der Waals surface area contributed by atoms with E-state index in [1.54, 1.807) is 36.4 Å². The molecule has 2 rings (SSSR count). The number of aryl methyl sites for hydroxylation is 2. The number of ketones is 1. The van der Waals surface area contributed by atoms with Crippen molar-refractivity contribution in [3.63, 3.8) is 0 Å². The van der Waals surface area contributed by atoms with Gasteiger partial charge in [0.05, 0.1) is 0 Å². The Bertz CT molecular complexity index is 595. The number of anilines is 1. The molecule has 3 N–H and O–H groups in total. The van der Waals surface area contributed by atoms with Crippen LogP contribution in [0.2, 0.25) is 0 Å². The van der Waals surface area contributed by atoms with Gasteiger partial charge in [0.25, 0.3) is 0 Å². The fourth-order valence-electron chi connectivity index (χ4n) is 2.12. The van der Waals surface area contributed by atoms with Crippen molar-refractivity contribution in [2.75, 3.05) is 5.73 Å². The molecule has 2 aromatic rings. The highest BCUT2D eigenvalue weighted by molar-refractivity contribution is 6.11. The maximum absolute atomic E-state index is 12.4. The molecule has 0 radical (unpaired) electrons. The van der Waals surface area contributed by atoms with Gasteiger partial charge in [0.2, 0.25) is 0 Å². The van der Waals surface area contributed by atoms with Crippen LogP contribution < -0.4 is 5.73 Å². The summed E-state index contributed by atoms with van der Waals surface area (Å²) in [5.74, 6) is 0.103. The summed E-state index contributed by atoms with van der Waals surface area (Å²) in [7, 11) is 0. The lowest BCUT2D eigenvalue weighted by molar-refractivity contribution is 0.103. The molecule has 0 aliphatic heterocycles. The minimum absolute atomic E-state index is 0.0719. The number of carbonyl (C=O) groups excluding carboxylic acids is 1. The van der Waals surface area contributed by atoms with Crippen molar-refractivity contribution in [3.8, 4) is 5.75 Å². The first-order chi connectivity index (χ1) is 8.49. The number of carbonyl (C=O) groups is 1. The van der Waals surface area contributed by atoms with E-state index >= 15 is 0 Å². The minimum Gasteiger partial charge on any atom is -0.508 e.